The molecule has 0 aliphatic carbocycles. The Morgan fingerprint density at radius 1 is 1.23 bits per heavy atom. The van der Waals surface area contributed by atoms with Crippen LogP contribution in [0.4, 0.5) is 0 Å². The van der Waals surface area contributed by atoms with Gasteiger partial charge in [0.05, 0.1) is 17.9 Å². The summed E-state index contributed by atoms with van der Waals surface area (Å²) >= 11 is 0. The summed E-state index contributed by atoms with van der Waals surface area (Å²) in [4.78, 5) is 6.61. The molecule has 6 nitrogen and oxygen atoms in total. The van der Waals surface area contributed by atoms with Crippen molar-refractivity contribution in [3.63, 3.8) is 0 Å². The molecule has 0 bridgehead atoms. The Labute approximate surface area is 153 Å². The van der Waals surface area contributed by atoms with Gasteiger partial charge in [0.15, 0.2) is 6.10 Å². The van der Waals surface area contributed by atoms with Crippen LogP contribution in [0.1, 0.15) is 28.9 Å². The second-order valence-electron chi connectivity index (χ2n) is 6.63. The predicted molar refractivity (Wildman–Crippen MR) is 100 cm³/mol. The fraction of sp³-hybridized carbons (Fsp3) is 0.300. The zero-order valence-corrected chi connectivity index (χ0v) is 14.9. The van der Waals surface area contributed by atoms with E-state index >= 15 is 0 Å². The first-order valence-electron chi connectivity index (χ1n) is 8.86. The second kappa shape index (κ2) is 7.27. The Hall–Kier alpha value is -2.70. The van der Waals surface area contributed by atoms with Crippen LogP contribution in [0.5, 0.6) is 0 Å². The van der Waals surface area contributed by atoms with E-state index in [1.54, 1.807) is 6.20 Å². The number of aliphatic hydroxyl groups excluding tert-OH is 1. The van der Waals surface area contributed by atoms with Crippen molar-refractivity contribution >= 4 is 6.08 Å². The fourth-order valence-electron chi connectivity index (χ4n) is 3.31. The molecule has 2 aromatic heterocycles. The number of aliphatic hydroxyl groups is 1. The zero-order valence-electron chi connectivity index (χ0n) is 14.9. The summed E-state index contributed by atoms with van der Waals surface area (Å²) in [5, 5.41) is 15.1. The number of benzene rings is 1. The van der Waals surface area contributed by atoms with Gasteiger partial charge in [-0.25, -0.2) is 4.98 Å². The van der Waals surface area contributed by atoms with Crippen molar-refractivity contribution < 1.29 is 5.11 Å². The highest BCUT2D eigenvalue weighted by molar-refractivity contribution is 5.48. The molecule has 0 radical (unpaired) electrons. The van der Waals surface area contributed by atoms with Gasteiger partial charge in [0.1, 0.15) is 5.82 Å². The van der Waals surface area contributed by atoms with Crippen LogP contribution in [0.2, 0.25) is 0 Å². The largest absolute Gasteiger partial charge is 0.379 e. The van der Waals surface area contributed by atoms with Gasteiger partial charge in [-0.2, -0.15) is 5.10 Å². The summed E-state index contributed by atoms with van der Waals surface area (Å²) < 4.78 is 3.82. The Morgan fingerprint density at radius 3 is 2.85 bits per heavy atom. The van der Waals surface area contributed by atoms with E-state index in [-0.39, 0.29) is 0 Å². The van der Waals surface area contributed by atoms with E-state index in [4.69, 9.17) is 0 Å². The van der Waals surface area contributed by atoms with Gasteiger partial charge in [-0.3, -0.25) is 9.58 Å². The van der Waals surface area contributed by atoms with Crippen molar-refractivity contribution in [2.24, 2.45) is 7.05 Å². The molecule has 0 saturated carbocycles. The fourth-order valence-corrected chi connectivity index (χ4v) is 3.31. The third-order valence-electron chi connectivity index (χ3n) is 4.75. The monoisotopic (exact) mass is 349 g/mol. The van der Waals surface area contributed by atoms with Gasteiger partial charge in [0, 0.05) is 39.1 Å². The smallest absolute Gasteiger partial charge is 0.155 e. The first-order chi connectivity index (χ1) is 12.7. The van der Waals surface area contributed by atoms with E-state index in [0.717, 1.165) is 31.9 Å². The minimum atomic E-state index is -0.792. The van der Waals surface area contributed by atoms with Crippen molar-refractivity contribution in [2.45, 2.75) is 19.2 Å². The molecule has 0 fully saturated rings. The average molecular weight is 349 g/mol. The van der Waals surface area contributed by atoms with E-state index < -0.39 is 6.10 Å². The van der Waals surface area contributed by atoms with Crippen molar-refractivity contribution in [1.29, 1.82) is 0 Å². The van der Waals surface area contributed by atoms with Crippen LogP contribution in [-0.4, -0.2) is 42.4 Å². The van der Waals surface area contributed by atoms with Gasteiger partial charge in [-0.1, -0.05) is 42.5 Å². The minimum Gasteiger partial charge on any atom is -0.379 e. The first kappa shape index (κ1) is 16.8. The van der Waals surface area contributed by atoms with E-state index in [2.05, 4.69) is 39.3 Å². The molecule has 26 heavy (non-hydrogen) atoms. The SMILES string of the molecule is Cn1ccnc1C(O)c1cc2n(n1)CCN(C/C=C/c1ccccc1)C2. The van der Waals surface area contributed by atoms with Crippen LogP contribution < -0.4 is 0 Å². The number of rotatable bonds is 5. The third kappa shape index (κ3) is 3.47. The van der Waals surface area contributed by atoms with Gasteiger partial charge < -0.3 is 9.67 Å². The second-order valence-corrected chi connectivity index (χ2v) is 6.63. The molecule has 3 aromatic rings. The molecule has 0 spiro atoms. The van der Waals surface area contributed by atoms with E-state index in [9.17, 15) is 5.11 Å². The Bertz CT molecular complexity index is 896. The maximum atomic E-state index is 10.6. The van der Waals surface area contributed by atoms with Crippen molar-refractivity contribution in [3.05, 3.63) is 77.6 Å². The number of imidazole rings is 1. The number of aromatic nitrogens is 4. The average Bonchev–Trinajstić information content (AvgIpc) is 3.28. The summed E-state index contributed by atoms with van der Waals surface area (Å²) in [5.74, 6) is 0.614. The summed E-state index contributed by atoms with van der Waals surface area (Å²) in [6.45, 7) is 3.52. The molecule has 0 amide bonds. The number of fused-ring (bicyclic) bond motifs is 1. The summed E-state index contributed by atoms with van der Waals surface area (Å²) in [7, 11) is 1.88. The van der Waals surface area contributed by atoms with Crippen LogP contribution in [0, 0.1) is 0 Å². The topological polar surface area (TPSA) is 59.1 Å². The third-order valence-corrected chi connectivity index (χ3v) is 4.75. The van der Waals surface area contributed by atoms with Crippen LogP contribution in [0.25, 0.3) is 6.08 Å². The predicted octanol–water partition coefficient (Wildman–Crippen LogP) is 2.23. The highest BCUT2D eigenvalue weighted by Crippen LogP contribution is 2.22. The quantitative estimate of drug-likeness (QED) is 0.767. The number of hydrogen-bond donors (Lipinski definition) is 1. The number of hydrogen-bond acceptors (Lipinski definition) is 4. The molecule has 1 aliphatic rings. The van der Waals surface area contributed by atoms with Gasteiger partial charge in [0.2, 0.25) is 0 Å². The van der Waals surface area contributed by atoms with Crippen LogP contribution in [0.15, 0.2) is 54.9 Å². The Kier molecular flexibility index (Phi) is 4.69. The standard InChI is InChI=1S/C20H23N5O/c1-23-11-9-21-20(23)19(26)18-14-17-15-24(12-13-25(17)22-18)10-5-8-16-6-3-2-4-7-16/h2-9,11,14,19,26H,10,12-13,15H2,1H3/b8-5+. The van der Waals surface area contributed by atoms with Gasteiger partial charge in [-0.05, 0) is 11.6 Å². The zero-order chi connectivity index (χ0) is 17.9. The Morgan fingerprint density at radius 2 is 2.08 bits per heavy atom. The highest BCUT2D eigenvalue weighted by atomic mass is 16.3. The lowest BCUT2D eigenvalue weighted by molar-refractivity contribution is 0.198. The molecule has 1 N–H and O–H groups in total. The lowest BCUT2D eigenvalue weighted by atomic mass is 10.2. The highest BCUT2D eigenvalue weighted by Gasteiger charge is 2.23. The molecule has 1 aliphatic heterocycles. The Balaban J connectivity index is 1.42. The van der Waals surface area contributed by atoms with Crippen molar-refractivity contribution in [3.8, 4) is 0 Å². The number of nitrogens with zero attached hydrogens (tertiary/aromatic N) is 5. The summed E-state index contributed by atoms with van der Waals surface area (Å²) in [6, 6.07) is 12.3. The van der Waals surface area contributed by atoms with Crippen LogP contribution in [0.3, 0.4) is 0 Å². The minimum absolute atomic E-state index is 0.614. The van der Waals surface area contributed by atoms with Gasteiger partial charge >= 0.3 is 0 Å². The molecule has 1 unspecified atom stereocenters. The van der Waals surface area contributed by atoms with E-state index in [1.165, 1.54) is 5.56 Å². The molecule has 134 valence electrons. The van der Waals surface area contributed by atoms with Crippen LogP contribution in [-0.2, 0) is 20.1 Å². The molecular weight excluding hydrogens is 326 g/mol. The van der Waals surface area contributed by atoms with Gasteiger partial charge in [0.25, 0.3) is 0 Å². The molecule has 3 heterocycles. The molecule has 0 saturated heterocycles. The maximum Gasteiger partial charge on any atom is 0.155 e. The van der Waals surface area contributed by atoms with E-state index in [0.29, 0.717) is 11.5 Å². The van der Waals surface area contributed by atoms with Crippen molar-refractivity contribution in [2.75, 3.05) is 13.1 Å². The summed E-state index contributed by atoms with van der Waals surface area (Å²) in [6.07, 6.45) is 7.08. The normalized spacial score (nSPS) is 16.1. The van der Waals surface area contributed by atoms with Crippen molar-refractivity contribution in [1.82, 2.24) is 24.2 Å². The van der Waals surface area contributed by atoms with Gasteiger partial charge in [-0.15, -0.1) is 0 Å². The molecule has 4 rings (SSSR count). The molecule has 1 atom stereocenters. The first-order valence-corrected chi connectivity index (χ1v) is 8.86. The maximum absolute atomic E-state index is 10.6. The lowest BCUT2D eigenvalue weighted by Crippen LogP contribution is -2.33. The summed E-state index contributed by atoms with van der Waals surface area (Å²) in [5.41, 5.74) is 3.01. The number of aryl methyl sites for hydroxylation is 1. The molecular formula is C20H23N5O. The van der Waals surface area contributed by atoms with E-state index in [1.807, 2.05) is 46.8 Å². The van der Waals surface area contributed by atoms with Crippen LogP contribution >= 0.6 is 0 Å². The molecule has 6 heteroatoms. The lowest BCUT2D eigenvalue weighted by Gasteiger charge is -2.26. The molecule has 1 aromatic carbocycles.